The molecule has 11 nitrogen and oxygen atoms in total. The van der Waals surface area contributed by atoms with Crippen LogP contribution in [0.4, 0.5) is 11.6 Å². The zero-order valence-electron chi connectivity index (χ0n) is 26.3. The third-order valence-corrected chi connectivity index (χ3v) is 10.00. The Balaban J connectivity index is 1.36. The van der Waals surface area contributed by atoms with E-state index in [4.69, 9.17) is 14.8 Å². The maximum absolute atomic E-state index is 13.6. The van der Waals surface area contributed by atoms with Crippen molar-refractivity contribution in [1.29, 1.82) is 0 Å². The third kappa shape index (κ3) is 7.45. The molecule has 0 saturated heterocycles. The molecule has 1 fully saturated rings. The number of amides is 1. The summed E-state index contributed by atoms with van der Waals surface area (Å²) in [7, 11) is -2.35. The van der Waals surface area contributed by atoms with Gasteiger partial charge in [0.2, 0.25) is 5.95 Å². The highest BCUT2D eigenvalue weighted by molar-refractivity contribution is 7.92. The van der Waals surface area contributed by atoms with E-state index in [1.54, 1.807) is 48.5 Å². The molecule has 1 saturated carbocycles. The van der Waals surface area contributed by atoms with E-state index < -0.39 is 10.0 Å². The zero-order chi connectivity index (χ0) is 31.8. The molecule has 1 aliphatic carbocycles. The van der Waals surface area contributed by atoms with Gasteiger partial charge in [-0.3, -0.25) is 9.10 Å². The van der Waals surface area contributed by atoms with Gasteiger partial charge in [0.05, 0.1) is 28.6 Å². The molecule has 0 atom stereocenters. The molecule has 1 amide bonds. The first-order valence-corrected chi connectivity index (χ1v) is 17.3. The van der Waals surface area contributed by atoms with Crippen molar-refractivity contribution in [3.05, 3.63) is 60.3 Å². The average Bonchev–Trinajstić information content (AvgIpc) is 3.46. The van der Waals surface area contributed by atoms with Crippen molar-refractivity contribution in [2.45, 2.75) is 69.7 Å². The molecule has 2 N–H and O–H groups in total. The van der Waals surface area contributed by atoms with E-state index in [2.05, 4.69) is 27.2 Å². The minimum atomic E-state index is -3.86. The molecule has 0 spiro atoms. The number of nitrogens with zero attached hydrogens (tertiary/aromatic N) is 5. The number of fused-ring (bicyclic) bond motifs is 1. The monoisotopic (exact) mass is 633 g/mol. The number of nitrogens with one attached hydrogen (secondary N) is 2. The smallest absolute Gasteiger partial charge is 0.264 e. The molecule has 0 aliphatic heterocycles. The third-order valence-electron chi connectivity index (χ3n) is 8.20. The number of anilines is 2. The Bertz CT molecular complexity index is 1680. The van der Waals surface area contributed by atoms with Gasteiger partial charge in [0.15, 0.2) is 5.65 Å². The molecule has 2 aromatic heterocycles. The van der Waals surface area contributed by atoms with Crippen molar-refractivity contribution >= 4 is 38.6 Å². The van der Waals surface area contributed by atoms with Crippen LogP contribution in [0.15, 0.2) is 59.6 Å². The number of carbonyl (C=O) groups is 1. The number of rotatable bonds is 14. The van der Waals surface area contributed by atoms with Crippen LogP contribution in [0.1, 0.15) is 75.2 Å². The molecule has 0 bridgehead atoms. The van der Waals surface area contributed by atoms with Crippen molar-refractivity contribution in [2.75, 3.05) is 43.0 Å². The molecule has 45 heavy (non-hydrogen) atoms. The molecule has 1 aliphatic rings. The fourth-order valence-corrected chi connectivity index (χ4v) is 6.76. The van der Waals surface area contributed by atoms with Crippen LogP contribution in [0.5, 0.6) is 0 Å². The summed E-state index contributed by atoms with van der Waals surface area (Å²) >= 11 is 0. The maximum atomic E-state index is 13.6. The lowest BCUT2D eigenvalue weighted by Crippen LogP contribution is -2.28. The lowest BCUT2D eigenvalue weighted by Gasteiger charge is -2.22. The largest absolute Gasteiger partial charge is 0.380 e. The van der Waals surface area contributed by atoms with E-state index in [0.29, 0.717) is 37.0 Å². The molecule has 5 rings (SSSR count). The van der Waals surface area contributed by atoms with Gasteiger partial charge in [-0.25, -0.2) is 18.1 Å². The highest BCUT2D eigenvalue weighted by Crippen LogP contribution is 2.35. The van der Waals surface area contributed by atoms with Crippen LogP contribution in [-0.2, 0) is 14.8 Å². The Kier molecular flexibility index (Phi) is 10.7. The fourth-order valence-electron chi connectivity index (χ4n) is 5.57. The lowest BCUT2D eigenvalue weighted by molar-refractivity contribution is 0.0922. The predicted octanol–water partition coefficient (Wildman–Crippen LogP) is 5.80. The zero-order valence-corrected chi connectivity index (χ0v) is 27.1. The molecule has 2 aromatic carbocycles. The molecule has 4 aromatic rings. The first-order valence-electron chi connectivity index (χ1n) is 15.9. The van der Waals surface area contributed by atoms with Gasteiger partial charge in [-0.15, -0.1) is 0 Å². The normalized spacial score (nSPS) is 14.0. The Morgan fingerprint density at radius 2 is 1.76 bits per heavy atom. The lowest BCUT2D eigenvalue weighted by atomic mass is 9.96. The highest BCUT2D eigenvalue weighted by atomic mass is 32.2. The predicted molar refractivity (Wildman–Crippen MR) is 177 cm³/mol. The summed E-state index contributed by atoms with van der Waals surface area (Å²) in [6, 6.07) is 13.5. The molecular formula is C33H43N7O4S. The van der Waals surface area contributed by atoms with Gasteiger partial charge in [-0.2, -0.15) is 10.1 Å². The van der Waals surface area contributed by atoms with E-state index >= 15 is 0 Å². The van der Waals surface area contributed by atoms with Crippen molar-refractivity contribution in [3.8, 4) is 11.3 Å². The summed E-state index contributed by atoms with van der Waals surface area (Å²) in [6.45, 7) is 6.28. The van der Waals surface area contributed by atoms with Gasteiger partial charge in [0.1, 0.15) is 5.69 Å². The van der Waals surface area contributed by atoms with E-state index in [-0.39, 0.29) is 16.8 Å². The number of sulfonamides is 1. The quantitative estimate of drug-likeness (QED) is 0.167. The Hall–Kier alpha value is -4.03. The number of benzene rings is 2. The number of ether oxygens (including phenoxy) is 1. The second-order valence-electron chi connectivity index (χ2n) is 11.3. The molecule has 0 radical (unpaired) electrons. The van der Waals surface area contributed by atoms with E-state index in [9.17, 15) is 13.2 Å². The number of hydrogen-bond donors (Lipinski definition) is 2. The molecule has 12 heteroatoms. The van der Waals surface area contributed by atoms with E-state index in [1.165, 1.54) is 30.6 Å². The summed E-state index contributed by atoms with van der Waals surface area (Å²) in [5, 5.41) is 12.0. The minimum absolute atomic E-state index is 0.154. The highest BCUT2D eigenvalue weighted by Gasteiger charge is 2.25. The van der Waals surface area contributed by atoms with Gasteiger partial charge in [-0.1, -0.05) is 44.7 Å². The van der Waals surface area contributed by atoms with Gasteiger partial charge in [0.25, 0.3) is 15.9 Å². The Labute approximate surface area is 265 Å². The second kappa shape index (κ2) is 14.8. The summed E-state index contributed by atoms with van der Waals surface area (Å²) in [5.41, 5.74) is 3.23. The van der Waals surface area contributed by atoms with Crippen LogP contribution in [0, 0.1) is 0 Å². The topological polar surface area (TPSA) is 131 Å². The molecule has 0 unspecified atom stereocenters. The van der Waals surface area contributed by atoms with Gasteiger partial charge >= 0.3 is 0 Å². The van der Waals surface area contributed by atoms with Crippen LogP contribution in [0.2, 0.25) is 0 Å². The summed E-state index contributed by atoms with van der Waals surface area (Å²) in [6.07, 6.45) is 9.62. The van der Waals surface area contributed by atoms with Crippen LogP contribution in [-0.4, -0.2) is 67.4 Å². The van der Waals surface area contributed by atoms with Crippen molar-refractivity contribution in [3.63, 3.8) is 0 Å². The average molecular weight is 634 g/mol. The van der Waals surface area contributed by atoms with Crippen LogP contribution in [0.25, 0.3) is 22.3 Å². The van der Waals surface area contributed by atoms with Crippen LogP contribution < -0.4 is 14.9 Å². The van der Waals surface area contributed by atoms with Crippen molar-refractivity contribution < 1.29 is 17.9 Å². The number of hydrogen-bond acceptors (Lipinski definition) is 8. The van der Waals surface area contributed by atoms with E-state index in [1.807, 2.05) is 13.1 Å². The summed E-state index contributed by atoms with van der Waals surface area (Å²) < 4.78 is 35.6. The number of aromatic nitrogens is 4. The van der Waals surface area contributed by atoms with Gasteiger partial charge in [0, 0.05) is 44.1 Å². The number of carbonyl (C=O) groups excluding carboxylic acids is 1. The second-order valence-corrected chi connectivity index (χ2v) is 13.3. The van der Waals surface area contributed by atoms with Gasteiger partial charge in [-0.05, 0) is 62.6 Å². The number of unbranched alkanes of at least 4 members (excludes halogenated alkanes) is 1. The molecular weight excluding hydrogens is 590 g/mol. The SMILES string of the molecule is CCCCNc1ncc2c(-c3ccc(S(=O)(=O)N(C)c4ccc(C(=O)NCCOCC)cc4)cc3)nn(C3CCCCC3)c2n1. The van der Waals surface area contributed by atoms with Crippen LogP contribution in [0.3, 0.4) is 0 Å². The molecule has 240 valence electrons. The van der Waals surface area contributed by atoms with Gasteiger partial charge < -0.3 is 15.4 Å². The Morgan fingerprint density at radius 3 is 2.44 bits per heavy atom. The standard InChI is InChI=1S/C33H43N7O4S/c1-4-6-20-35-33-36-23-29-30(38-40(31(29)37-33)27-10-8-7-9-11-27)24-14-18-28(19-15-24)45(42,43)39(3)26-16-12-25(13-17-26)32(41)34-21-22-44-5-2/h12-19,23,27H,4-11,20-22H2,1-3H3,(H,34,41)(H,35,36,37). The van der Waals surface area contributed by atoms with E-state index in [0.717, 1.165) is 54.5 Å². The fraction of sp³-hybridized carbons (Fsp3) is 0.455. The molecule has 2 heterocycles. The minimum Gasteiger partial charge on any atom is -0.380 e. The summed E-state index contributed by atoms with van der Waals surface area (Å²) in [5.74, 6) is 0.356. The Morgan fingerprint density at radius 1 is 1.02 bits per heavy atom. The first-order chi connectivity index (χ1) is 21.8. The maximum Gasteiger partial charge on any atom is 0.264 e. The summed E-state index contributed by atoms with van der Waals surface area (Å²) in [4.78, 5) is 22.0. The van der Waals surface area contributed by atoms with Crippen molar-refractivity contribution in [1.82, 2.24) is 25.1 Å². The van der Waals surface area contributed by atoms with Crippen LogP contribution >= 0.6 is 0 Å². The first kappa shape index (κ1) is 32.4. The van der Waals surface area contributed by atoms with Crippen molar-refractivity contribution in [2.24, 2.45) is 0 Å².